The van der Waals surface area contributed by atoms with E-state index in [1.54, 1.807) is 18.2 Å². The Morgan fingerprint density at radius 1 is 1.30 bits per heavy atom. The summed E-state index contributed by atoms with van der Waals surface area (Å²) in [4.78, 5) is 12.4. The van der Waals surface area contributed by atoms with Crippen LogP contribution in [0.4, 0.5) is 0 Å². The highest BCUT2D eigenvalue weighted by atomic mass is 35.5. The molecule has 0 saturated heterocycles. The van der Waals surface area contributed by atoms with Crippen LogP contribution < -0.4 is 11.1 Å². The van der Waals surface area contributed by atoms with Crippen LogP contribution in [0.25, 0.3) is 11.3 Å². The van der Waals surface area contributed by atoms with Crippen LogP contribution in [0.1, 0.15) is 31.3 Å². The van der Waals surface area contributed by atoms with Crippen LogP contribution in [-0.4, -0.2) is 18.0 Å². The molecule has 0 aliphatic rings. The molecule has 0 spiro atoms. The van der Waals surface area contributed by atoms with E-state index in [0.29, 0.717) is 17.3 Å². The second-order valence-electron chi connectivity index (χ2n) is 5.87. The number of carbonyl (C=O) groups is 1. The van der Waals surface area contributed by atoms with Crippen molar-refractivity contribution >= 4 is 29.9 Å². The van der Waals surface area contributed by atoms with Gasteiger partial charge in [0.05, 0.1) is 10.6 Å². The first kappa shape index (κ1) is 19.6. The van der Waals surface area contributed by atoms with Gasteiger partial charge in [0.15, 0.2) is 5.76 Å². The Labute approximate surface area is 147 Å². The van der Waals surface area contributed by atoms with Gasteiger partial charge in [-0.25, -0.2) is 0 Å². The first-order chi connectivity index (χ1) is 10.4. The zero-order valence-electron chi connectivity index (χ0n) is 13.4. The normalized spacial score (nSPS) is 13.3. The number of carbonyl (C=O) groups excluding carboxylic acids is 1. The molecule has 2 rings (SSSR count). The van der Waals surface area contributed by atoms with Gasteiger partial charge in [-0.05, 0) is 37.1 Å². The van der Waals surface area contributed by atoms with Crippen molar-refractivity contribution in [3.8, 4) is 11.3 Å². The topological polar surface area (TPSA) is 68.3 Å². The Morgan fingerprint density at radius 3 is 2.52 bits per heavy atom. The lowest BCUT2D eigenvalue weighted by atomic mass is 9.88. The number of hydrogen-bond donors (Lipinski definition) is 2. The first-order valence-corrected chi connectivity index (χ1v) is 7.62. The van der Waals surface area contributed by atoms with Crippen molar-refractivity contribution in [1.29, 1.82) is 0 Å². The number of benzene rings is 1. The average Bonchev–Trinajstić information content (AvgIpc) is 2.97. The zero-order chi connectivity index (χ0) is 16.3. The van der Waals surface area contributed by atoms with Crippen molar-refractivity contribution in [1.82, 2.24) is 5.32 Å². The average molecular weight is 357 g/mol. The van der Waals surface area contributed by atoms with E-state index >= 15 is 0 Å². The van der Waals surface area contributed by atoms with Gasteiger partial charge < -0.3 is 15.5 Å². The third-order valence-corrected chi connectivity index (χ3v) is 4.40. The molecule has 0 aliphatic heterocycles. The monoisotopic (exact) mass is 356 g/mol. The number of amides is 1. The van der Waals surface area contributed by atoms with E-state index in [4.69, 9.17) is 21.8 Å². The van der Waals surface area contributed by atoms with Gasteiger partial charge in [-0.1, -0.05) is 37.6 Å². The van der Waals surface area contributed by atoms with Gasteiger partial charge >= 0.3 is 0 Å². The van der Waals surface area contributed by atoms with Gasteiger partial charge in [-0.2, -0.15) is 0 Å². The summed E-state index contributed by atoms with van der Waals surface area (Å²) < 4.78 is 5.65. The van der Waals surface area contributed by atoms with Crippen molar-refractivity contribution in [3.05, 3.63) is 47.2 Å². The smallest absolute Gasteiger partial charge is 0.287 e. The highest BCUT2D eigenvalue weighted by Crippen LogP contribution is 2.29. The number of halogens is 2. The van der Waals surface area contributed by atoms with E-state index in [2.05, 4.69) is 5.32 Å². The van der Waals surface area contributed by atoms with E-state index in [1.807, 2.05) is 39.0 Å². The molecule has 1 heterocycles. The quantitative estimate of drug-likeness (QED) is 0.846. The molecule has 1 aromatic heterocycles. The van der Waals surface area contributed by atoms with E-state index in [1.165, 1.54) is 0 Å². The Balaban J connectivity index is 0.00000264. The fourth-order valence-corrected chi connectivity index (χ4v) is 2.25. The minimum Gasteiger partial charge on any atom is -0.451 e. The minimum absolute atomic E-state index is 0. The highest BCUT2D eigenvalue weighted by Gasteiger charge is 2.30. The van der Waals surface area contributed by atoms with E-state index in [9.17, 15) is 4.79 Å². The molecule has 3 N–H and O–H groups in total. The second kappa shape index (κ2) is 7.86. The van der Waals surface area contributed by atoms with Crippen LogP contribution in [0.3, 0.4) is 0 Å². The van der Waals surface area contributed by atoms with Crippen LogP contribution in [0.15, 0.2) is 40.8 Å². The molecule has 23 heavy (non-hydrogen) atoms. The van der Waals surface area contributed by atoms with Crippen LogP contribution in [0.5, 0.6) is 0 Å². The Morgan fingerprint density at radius 2 is 1.96 bits per heavy atom. The van der Waals surface area contributed by atoms with Gasteiger partial charge in [-0.3, -0.25) is 4.79 Å². The Kier molecular flexibility index (Phi) is 6.69. The maximum Gasteiger partial charge on any atom is 0.287 e. The largest absolute Gasteiger partial charge is 0.451 e. The summed E-state index contributed by atoms with van der Waals surface area (Å²) >= 11 is 6.14. The fourth-order valence-electron chi connectivity index (χ4n) is 2.02. The number of nitrogens with two attached hydrogens (primary N) is 1. The van der Waals surface area contributed by atoms with Gasteiger partial charge in [0, 0.05) is 12.1 Å². The molecular weight excluding hydrogens is 335 g/mol. The number of rotatable bonds is 5. The molecule has 1 amide bonds. The van der Waals surface area contributed by atoms with Crippen LogP contribution in [0.2, 0.25) is 5.02 Å². The SMILES string of the molecule is CC(C)C(C)(CN)NC(=O)c1ccc(-c2ccccc2Cl)o1.Cl. The van der Waals surface area contributed by atoms with E-state index < -0.39 is 5.54 Å². The summed E-state index contributed by atoms with van der Waals surface area (Å²) in [5, 5.41) is 3.53. The minimum atomic E-state index is -0.478. The van der Waals surface area contributed by atoms with Crippen LogP contribution >= 0.6 is 24.0 Å². The van der Waals surface area contributed by atoms with Gasteiger partial charge in [0.1, 0.15) is 5.76 Å². The third-order valence-electron chi connectivity index (χ3n) is 4.07. The predicted octanol–water partition coefficient (Wildman–Crippen LogP) is 4.13. The maximum atomic E-state index is 12.4. The first-order valence-electron chi connectivity index (χ1n) is 7.24. The number of nitrogens with one attached hydrogen (secondary N) is 1. The summed E-state index contributed by atoms with van der Waals surface area (Å²) in [6.07, 6.45) is 0. The van der Waals surface area contributed by atoms with Crippen LogP contribution in [0, 0.1) is 5.92 Å². The van der Waals surface area contributed by atoms with E-state index in [-0.39, 0.29) is 30.0 Å². The molecule has 1 unspecified atom stereocenters. The molecule has 1 atom stereocenters. The summed E-state index contributed by atoms with van der Waals surface area (Å²) in [7, 11) is 0. The summed E-state index contributed by atoms with van der Waals surface area (Å²) in [6.45, 7) is 6.32. The molecule has 0 bridgehead atoms. The standard InChI is InChI=1S/C17H21ClN2O2.ClH/c1-11(2)17(3,10-19)20-16(21)15-9-8-14(22-15)12-6-4-5-7-13(12)18;/h4-9,11H,10,19H2,1-3H3,(H,20,21);1H. The van der Waals surface area contributed by atoms with E-state index in [0.717, 1.165) is 5.56 Å². The predicted molar refractivity (Wildman–Crippen MR) is 96.2 cm³/mol. The maximum absolute atomic E-state index is 12.4. The fraction of sp³-hybridized carbons (Fsp3) is 0.353. The Hall–Kier alpha value is -1.49. The molecule has 1 aromatic carbocycles. The van der Waals surface area contributed by atoms with Gasteiger partial charge in [0.25, 0.3) is 5.91 Å². The van der Waals surface area contributed by atoms with Crippen molar-refractivity contribution in [2.24, 2.45) is 11.7 Å². The molecule has 6 heteroatoms. The van der Waals surface area contributed by atoms with Crippen molar-refractivity contribution in [2.75, 3.05) is 6.54 Å². The molecule has 4 nitrogen and oxygen atoms in total. The molecule has 126 valence electrons. The lowest BCUT2D eigenvalue weighted by Gasteiger charge is -2.33. The van der Waals surface area contributed by atoms with Crippen LogP contribution in [-0.2, 0) is 0 Å². The Bertz CT molecular complexity index is 670. The number of hydrogen-bond acceptors (Lipinski definition) is 3. The molecule has 0 saturated carbocycles. The van der Waals surface area contributed by atoms with Crippen molar-refractivity contribution < 1.29 is 9.21 Å². The molecule has 0 radical (unpaired) electrons. The van der Waals surface area contributed by atoms with Crippen molar-refractivity contribution in [2.45, 2.75) is 26.3 Å². The molecule has 0 fully saturated rings. The van der Waals surface area contributed by atoms with Gasteiger partial charge in [0.2, 0.25) is 0 Å². The molecule has 0 aliphatic carbocycles. The summed E-state index contributed by atoms with van der Waals surface area (Å²) in [5.74, 6) is 0.740. The number of furan rings is 1. The molecular formula is C17H22Cl2N2O2. The zero-order valence-corrected chi connectivity index (χ0v) is 15.0. The van der Waals surface area contributed by atoms with Crippen molar-refractivity contribution in [3.63, 3.8) is 0 Å². The summed E-state index contributed by atoms with van der Waals surface area (Å²) in [5.41, 5.74) is 6.07. The lowest BCUT2D eigenvalue weighted by Crippen LogP contribution is -2.54. The third kappa shape index (κ3) is 4.28. The second-order valence-corrected chi connectivity index (χ2v) is 6.28. The summed E-state index contributed by atoms with van der Waals surface area (Å²) in [6, 6.07) is 10.7. The highest BCUT2D eigenvalue weighted by molar-refractivity contribution is 6.33. The van der Waals surface area contributed by atoms with Gasteiger partial charge in [-0.15, -0.1) is 12.4 Å². The lowest BCUT2D eigenvalue weighted by molar-refractivity contribution is 0.0855. The molecule has 2 aromatic rings.